The number of benzene rings is 1. The molecule has 0 aromatic heterocycles. The highest BCUT2D eigenvalue weighted by Crippen LogP contribution is 2.10. The molecule has 1 aromatic carbocycles. The molecule has 0 bridgehead atoms. The van der Waals surface area contributed by atoms with Gasteiger partial charge in [-0.25, -0.2) is 0 Å². The highest BCUT2D eigenvalue weighted by atomic mass is 16.5. The second-order valence-electron chi connectivity index (χ2n) is 3.09. The number of hydrogen-bond acceptors (Lipinski definition) is 3. The maximum atomic E-state index is 11.4. The molecule has 0 saturated carbocycles. The van der Waals surface area contributed by atoms with Crippen LogP contribution in [0.2, 0.25) is 0 Å². The molecule has 0 aliphatic heterocycles. The second-order valence-corrected chi connectivity index (χ2v) is 3.09. The van der Waals surface area contributed by atoms with Gasteiger partial charge < -0.3 is 15.2 Å². The van der Waals surface area contributed by atoms with Crippen LogP contribution in [0.25, 0.3) is 0 Å². The van der Waals surface area contributed by atoms with Crippen molar-refractivity contribution in [1.82, 2.24) is 5.32 Å². The first-order valence-electron chi connectivity index (χ1n) is 4.84. The first-order valence-corrected chi connectivity index (χ1v) is 4.84. The van der Waals surface area contributed by atoms with Crippen LogP contribution in [0.4, 0.5) is 0 Å². The molecule has 1 atom stereocenters. The molecule has 15 heavy (non-hydrogen) atoms. The average molecular weight is 209 g/mol. The zero-order valence-corrected chi connectivity index (χ0v) is 8.64. The van der Waals surface area contributed by atoms with Crippen LogP contribution in [0, 0.1) is 0 Å². The quantitative estimate of drug-likeness (QED) is 0.745. The van der Waals surface area contributed by atoms with Crippen molar-refractivity contribution in [3.63, 3.8) is 0 Å². The van der Waals surface area contributed by atoms with E-state index in [0.717, 1.165) is 0 Å². The van der Waals surface area contributed by atoms with Crippen molar-refractivity contribution >= 4 is 5.91 Å². The molecule has 1 aromatic rings. The predicted molar refractivity (Wildman–Crippen MR) is 56.6 cm³/mol. The molecule has 0 radical (unpaired) electrons. The van der Waals surface area contributed by atoms with Crippen molar-refractivity contribution in [2.75, 3.05) is 13.2 Å². The van der Waals surface area contributed by atoms with Crippen LogP contribution in [0.1, 0.15) is 6.92 Å². The van der Waals surface area contributed by atoms with Gasteiger partial charge in [-0.15, -0.1) is 0 Å². The highest BCUT2D eigenvalue weighted by Gasteiger charge is 2.13. The number of rotatable bonds is 5. The van der Waals surface area contributed by atoms with E-state index >= 15 is 0 Å². The Morgan fingerprint density at radius 2 is 2.13 bits per heavy atom. The van der Waals surface area contributed by atoms with E-state index in [0.29, 0.717) is 5.75 Å². The normalized spacial score (nSPS) is 11.9. The van der Waals surface area contributed by atoms with E-state index < -0.39 is 6.10 Å². The maximum Gasteiger partial charge on any atom is 0.260 e. The highest BCUT2D eigenvalue weighted by molar-refractivity contribution is 5.80. The lowest BCUT2D eigenvalue weighted by atomic mass is 10.3. The monoisotopic (exact) mass is 209 g/mol. The van der Waals surface area contributed by atoms with Crippen LogP contribution in [-0.4, -0.2) is 30.3 Å². The molecule has 0 aliphatic rings. The maximum absolute atomic E-state index is 11.4. The Balaban J connectivity index is 2.41. The van der Waals surface area contributed by atoms with Gasteiger partial charge in [-0.1, -0.05) is 18.2 Å². The van der Waals surface area contributed by atoms with Gasteiger partial charge in [0.05, 0.1) is 6.61 Å². The summed E-state index contributed by atoms with van der Waals surface area (Å²) in [6.45, 7) is 1.85. The predicted octanol–water partition coefficient (Wildman–Crippen LogP) is 0.562. The molecule has 0 spiro atoms. The van der Waals surface area contributed by atoms with E-state index in [2.05, 4.69) is 5.32 Å². The first kappa shape index (κ1) is 11.5. The summed E-state index contributed by atoms with van der Waals surface area (Å²) < 4.78 is 5.38. The number of aliphatic hydroxyl groups is 1. The van der Waals surface area contributed by atoms with Crippen LogP contribution in [-0.2, 0) is 4.79 Å². The Bertz CT molecular complexity index is 300. The number of ether oxygens (including phenoxy) is 1. The Morgan fingerprint density at radius 3 is 2.73 bits per heavy atom. The van der Waals surface area contributed by atoms with Crippen molar-refractivity contribution in [2.45, 2.75) is 13.0 Å². The number of amides is 1. The molecule has 0 fully saturated rings. The Kier molecular flexibility index (Phi) is 4.63. The molecule has 0 saturated heterocycles. The summed E-state index contributed by atoms with van der Waals surface area (Å²) in [5, 5.41) is 11.1. The third-order valence-electron chi connectivity index (χ3n) is 1.84. The van der Waals surface area contributed by atoms with E-state index in [-0.39, 0.29) is 19.1 Å². The largest absolute Gasteiger partial charge is 0.481 e. The SMILES string of the molecule is CC(Oc1ccccc1)C(=O)NCCO. The van der Waals surface area contributed by atoms with Gasteiger partial charge in [-0.05, 0) is 19.1 Å². The van der Waals surface area contributed by atoms with Crippen molar-refractivity contribution in [3.8, 4) is 5.75 Å². The van der Waals surface area contributed by atoms with E-state index in [4.69, 9.17) is 9.84 Å². The number of aliphatic hydroxyl groups excluding tert-OH is 1. The number of carbonyl (C=O) groups is 1. The third-order valence-corrected chi connectivity index (χ3v) is 1.84. The average Bonchev–Trinajstić information content (AvgIpc) is 2.27. The smallest absolute Gasteiger partial charge is 0.260 e. The lowest BCUT2D eigenvalue weighted by Gasteiger charge is -2.13. The van der Waals surface area contributed by atoms with E-state index in [9.17, 15) is 4.79 Å². The number of para-hydroxylation sites is 1. The fourth-order valence-electron chi connectivity index (χ4n) is 1.08. The molecule has 0 aliphatic carbocycles. The summed E-state index contributed by atoms with van der Waals surface area (Å²) >= 11 is 0. The van der Waals surface area contributed by atoms with Crippen LogP contribution in [0.3, 0.4) is 0 Å². The van der Waals surface area contributed by atoms with Gasteiger partial charge in [0.2, 0.25) is 0 Å². The van der Waals surface area contributed by atoms with Crippen LogP contribution >= 0.6 is 0 Å². The molecule has 4 nitrogen and oxygen atoms in total. The van der Waals surface area contributed by atoms with Gasteiger partial charge in [-0.2, -0.15) is 0 Å². The Morgan fingerprint density at radius 1 is 1.47 bits per heavy atom. The molecule has 82 valence electrons. The van der Waals surface area contributed by atoms with E-state index in [1.807, 2.05) is 18.2 Å². The summed E-state index contributed by atoms with van der Waals surface area (Å²) in [6.07, 6.45) is -0.557. The van der Waals surface area contributed by atoms with Crippen molar-refractivity contribution in [3.05, 3.63) is 30.3 Å². The fraction of sp³-hybridized carbons (Fsp3) is 0.364. The van der Waals surface area contributed by atoms with Crippen LogP contribution in [0.5, 0.6) is 5.75 Å². The second kappa shape index (κ2) is 6.03. The fourth-order valence-corrected chi connectivity index (χ4v) is 1.08. The first-order chi connectivity index (χ1) is 7.24. The van der Waals surface area contributed by atoms with Gasteiger partial charge in [0, 0.05) is 6.54 Å². The molecule has 1 rings (SSSR count). The molecule has 4 heteroatoms. The Labute approximate surface area is 88.9 Å². The molecular formula is C11H15NO3. The molecule has 0 heterocycles. The van der Waals surface area contributed by atoms with Gasteiger partial charge in [-0.3, -0.25) is 4.79 Å². The standard InChI is InChI=1S/C11H15NO3/c1-9(11(14)12-7-8-13)15-10-5-3-2-4-6-10/h2-6,9,13H,7-8H2,1H3,(H,12,14). The van der Waals surface area contributed by atoms with Crippen molar-refractivity contribution < 1.29 is 14.6 Å². The summed E-state index contributed by atoms with van der Waals surface area (Å²) in [4.78, 5) is 11.4. The summed E-state index contributed by atoms with van der Waals surface area (Å²) in [5.41, 5.74) is 0. The molecular weight excluding hydrogens is 194 g/mol. The zero-order valence-electron chi connectivity index (χ0n) is 8.64. The summed E-state index contributed by atoms with van der Waals surface area (Å²) in [7, 11) is 0. The summed E-state index contributed by atoms with van der Waals surface area (Å²) in [5.74, 6) is 0.428. The molecule has 1 amide bonds. The van der Waals surface area contributed by atoms with Crippen molar-refractivity contribution in [1.29, 1.82) is 0 Å². The summed E-state index contributed by atoms with van der Waals surface area (Å²) in [6, 6.07) is 9.14. The number of nitrogens with one attached hydrogen (secondary N) is 1. The van der Waals surface area contributed by atoms with Gasteiger partial charge >= 0.3 is 0 Å². The zero-order chi connectivity index (χ0) is 11.1. The minimum Gasteiger partial charge on any atom is -0.481 e. The lowest BCUT2D eigenvalue weighted by Crippen LogP contribution is -2.37. The molecule has 1 unspecified atom stereocenters. The topological polar surface area (TPSA) is 58.6 Å². The van der Waals surface area contributed by atoms with Gasteiger partial charge in [0.1, 0.15) is 5.75 Å². The van der Waals surface area contributed by atoms with Gasteiger partial charge in [0.15, 0.2) is 6.10 Å². The van der Waals surface area contributed by atoms with Crippen LogP contribution in [0.15, 0.2) is 30.3 Å². The Hall–Kier alpha value is -1.55. The minimum absolute atomic E-state index is 0.0657. The van der Waals surface area contributed by atoms with E-state index in [1.165, 1.54) is 0 Å². The third kappa shape index (κ3) is 3.99. The number of hydrogen-bond donors (Lipinski definition) is 2. The van der Waals surface area contributed by atoms with E-state index in [1.54, 1.807) is 19.1 Å². The van der Waals surface area contributed by atoms with Crippen LogP contribution < -0.4 is 10.1 Å². The molecule has 2 N–H and O–H groups in total. The lowest BCUT2D eigenvalue weighted by molar-refractivity contribution is -0.127. The van der Waals surface area contributed by atoms with Gasteiger partial charge in [0.25, 0.3) is 5.91 Å². The number of carbonyl (C=O) groups excluding carboxylic acids is 1. The van der Waals surface area contributed by atoms with Crippen molar-refractivity contribution in [2.24, 2.45) is 0 Å². The minimum atomic E-state index is -0.557.